The van der Waals surface area contributed by atoms with Crippen molar-refractivity contribution in [3.05, 3.63) is 155 Å². The van der Waals surface area contributed by atoms with Crippen LogP contribution in [0.3, 0.4) is 0 Å². The highest BCUT2D eigenvalue weighted by Gasteiger charge is 2.46. The van der Waals surface area contributed by atoms with Gasteiger partial charge in [-0.3, -0.25) is 0 Å². The van der Waals surface area contributed by atoms with Gasteiger partial charge in [-0.05, 0) is 94.0 Å². The Morgan fingerprint density at radius 3 is 1.71 bits per heavy atom. The van der Waals surface area contributed by atoms with Crippen LogP contribution in [-0.2, 0) is 0 Å². The van der Waals surface area contributed by atoms with Crippen molar-refractivity contribution in [2.24, 2.45) is 11.8 Å². The highest BCUT2D eigenvalue weighted by Crippen LogP contribution is 2.59. The Bertz CT molecular complexity index is 1820. The van der Waals surface area contributed by atoms with E-state index < -0.39 is 0 Å². The van der Waals surface area contributed by atoms with E-state index in [0.717, 1.165) is 23.2 Å². The lowest BCUT2D eigenvalue weighted by atomic mass is 9.75. The lowest BCUT2D eigenvalue weighted by molar-refractivity contribution is 0.375. The Morgan fingerprint density at radius 2 is 1.10 bits per heavy atom. The van der Waals surface area contributed by atoms with Crippen LogP contribution >= 0.6 is 0 Å². The topological polar surface area (TPSA) is 17.3 Å². The van der Waals surface area contributed by atoms with Crippen molar-refractivity contribution in [1.29, 1.82) is 0 Å². The van der Waals surface area contributed by atoms with E-state index in [1.807, 2.05) is 12.1 Å². The van der Waals surface area contributed by atoms with Gasteiger partial charge in [0.25, 0.3) is 0 Å². The molecule has 2 aromatic heterocycles. The molecule has 2 bridgehead atoms. The molecule has 4 atom stereocenters. The maximum Gasteiger partial charge on any atom is 0.137 e. The summed E-state index contributed by atoms with van der Waals surface area (Å²) in [6.07, 6.45) is 8.19. The van der Waals surface area contributed by atoms with Gasteiger partial charge in [0.05, 0.1) is 5.69 Å². The first-order valence-electron chi connectivity index (χ1n) is 15.1. The van der Waals surface area contributed by atoms with Gasteiger partial charge in [0.1, 0.15) is 5.65 Å². The predicted molar refractivity (Wildman–Crippen MR) is 166 cm³/mol. The number of rotatable bonds is 4. The Hall–Kier alpha value is -4.43. The summed E-state index contributed by atoms with van der Waals surface area (Å²) in [5, 5.41) is 0. The van der Waals surface area contributed by atoms with Gasteiger partial charge in [0.15, 0.2) is 0 Å². The monoisotopic (exact) mass is 528 g/mol. The SMILES string of the molecule is c1ccc2c(c1)-c1ccccc1C2c1ccc(C2CC3CC2CC3c2ccc(-c3cn4ccccc4n3)cc2)cc1. The zero-order chi connectivity index (χ0) is 26.9. The molecule has 3 aliphatic carbocycles. The number of nitrogens with zero attached hydrogens (tertiary/aromatic N) is 2. The molecule has 41 heavy (non-hydrogen) atoms. The number of fused-ring (bicyclic) bond motifs is 6. The van der Waals surface area contributed by atoms with E-state index in [0.29, 0.717) is 17.8 Å². The Kier molecular flexibility index (Phi) is 5.14. The molecule has 2 heteroatoms. The third-order valence-electron chi connectivity index (χ3n) is 10.4. The minimum absolute atomic E-state index is 0.337. The van der Waals surface area contributed by atoms with Gasteiger partial charge in [-0.2, -0.15) is 0 Å². The summed E-state index contributed by atoms with van der Waals surface area (Å²) in [4.78, 5) is 4.81. The third kappa shape index (κ3) is 3.67. The second-order valence-corrected chi connectivity index (χ2v) is 12.4. The van der Waals surface area contributed by atoms with Gasteiger partial charge in [-0.1, -0.05) is 103 Å². The van der Waals surface area contributed by atoms with Crippen molar-refractivity contribution in [2.75, 3.05) is 0 Å². The smallest absolute Gasteiger partial charge is 0.137 e. The van der Waals surface area contributed by atoms with Gasteiger partial charge >= 0.3 is 0 Å². The summed E-state index contributed by atoms with van der Waals surface area (Å²) in [6.45, 7) is 0. The molecule has 2 heterocycles. The number of imidazole rings is 1. The van der Waals surface area contributed by atoms with Crippen molar-refractivity contribution in [3.63, 3.8) is 0 Å². The van der Waals surface area contributed by atoms with Crippen molar-refractivity contribution in [2.45, 2.75) is 37.0 Å². The molecule has 0 spiro atoms. The van der Waals surface area contributed by atoms with E-state index in [-0.39, 0.29) is 0 Å². The molecule has 2 fully saturated rings. The Labute approximate surface area is 241 Å². The zero-order valence-electron chi connectivity index (χ0n) is 23.0. The largest absolute Gasteiger partial charge is 0.306 e. The summed E-state index contributed by atoms with van der Waals surface area (Å²) < 4.78 is 2.09. The summed E-state index contributed by atoms with van der Waals surface area (Å²) in [7, 11) is 0. The molecule has 6 aromatic rings. The fourth-order valence-corrected chi connectivity index (χ4v) is 8.52. The minimum atomic E-state index is 0.337. The van der Waals surface area contributed by atoms with Gasteiger partial charge in [0, 0.05) is 23.9 Å². The predicted octanol–water partition coefficient (Wildman–Crippen LogP) is 9.46. The average molecular weight is 529 g/mol. The van der Waals surface area contributed by atoms with Crippen LogP contribution in [0.2, 0.25) is 0 Å². The van der Waals surface area contributed by atoms with Crippen LogP contribution in [0.1, 0.15) is 64.8 Å². The number of aromatic nitrogens is 2. The molecule has 3 aliphatic rings. The number of hydrogen-bond acceptors (Lipinski definition) is 1. The maximum absolute atomic E-state index is 4.81. The van der Waals surface area contributed by atoms with E-state index >= 15 is 0 Å². The fraction of sp³-hybridized carbons (Fsp3) is 0.205. The summed E-state index contributed by atoms with van der Waals surface area (Å²) in [5.74, 6) is 3.31. The first-order chi connectivity index (χ1) is 20.3. The molecule has 198 valence electrons. The molecule has 0 radical (unpaired) electrons. The fourth-order valence-electron chi connectivity index (χ4n) is 8.52. The quantitative estimate of drug-likeness (QED) is 0.222. The minimum Gasteiger partial charge on any atom is -0.306 e. The normalized spacial score (nSPS) is 22.7. The van der Waals surface area contributed by atoms with Crippen molar-refractivity contribution < 1.29 is 0 Å². The highest BCUT2D eigenvalue weighted by atomic mass is 15.0. The second kappa shape index (κ2) is 9.04. The molecule has 0 N–H and O–H groups in total. The summed E-state index contributed by atoms with van der Waals surface area (Å²) in [6, 6.07) is 43.1. The molecule has 4 unspecified atom stereocenters. The highest BCUT2D eigenvalue weighted by molar-refractivity contribution is 5.80. The Balaban J connectivity index is 0.927. The second-order valence-electron chi connectivity index (χ2n) is 12.4. The first kappa shape index (κ1) is 23.3. The van der Waals surface area contributed by atoms with Crippen molar-refractivity contribution >= 4 is 5.65 Å². The number of hydrogen-bond donors (Lipinski definition) is 0. The molecule has 0 amide bonds. The van der Waals surface area contributed by atoms with Gasteiger partial charge in [-0.15, -0.1) is 0 Å². The zero-order valence-corrected chi connectivity index (χ0v) is 23.0. The molecule has 9 rings (SSSR count). The van der Waals surface area contributed by atoms with Gasteiger partial charge in [0.2, 0.25) is 0 Å². The summed E-state index contributed by atoms with van der Waals surface area (Å²) in [5.41, 5.74) is 13.4. The van der Waals surface area contributed by atoms with Crippen molar-refractivity contribution in [1.82, 2.24) is 9.38 Å². The van der Waals surface area contributed by atoms with E-state index in [4.69, 9.17) is 4.98 Å². The number of pyridine rings is 1. The van der Waals surface area contributed by atoms with E-state index in [1.165, 1.54) is 58.2 Å². The van der Waals surface area contributed by atoms with Crippen LogP contribution in [0.15, 0.2) is 128 Å². The molecule has 0 saturated heterocycles. The third-order valence-corrected chi connectivity index (χ3v) is 10.4. The van der Waals surface area contributed by atoms with Crippen LogP contribution in [0, 0.1) is 11.8 Å². The Morgan fingerprint density at radius 1 is 0.537 bits per heavy atom. The average Bonchev–Trinajstić information content (AvgIpc) is 3.82. The van der Waals surface area contributed by atoms with Crippen LogP contribution in [0.25, 0.3) is 28.0 Å². The molecular weight excluding hydrogens is 496 g/mol. The number of benzene rings is 4. The van der Waals surface area contributed by atoms with Crippen LogP contribution < -0.4 is 0 Å². The lowest BCUT2D eigenvalue weighted by Crippen LogP contribution is -2.15. The van der Waals surface area contributed by atoms with E-state index in [1.54, 1.807) is 5.56 Å². The molecule has 2 nitrogen and oxygen atoms in total. The van der Waals surface area contributed by atoms with Gasteiger partial charge in [-0.25, -0.2) is 4.98 Å². The van der Waals surface area contributed by atoms with Gasteiger partial charge < -0.3 is 4.40 Å². The maximum atomic E-state index is 4.81. The molecule has 0 aliphatic heterocycles. The standard InChI is InChI=1S/C39H32N2/c1-3-9-33-31(7-1)32-8-2-4-10-34(32)39(33)28-18-14-26(15-19-28)36-23-29-21-30(36)22-35(29)25-12-16-27(17-13-25)37-24-41-20-6-5-11-38(41)40-37/h1-20,24,29-30,35-36,39H,21-23H2. The van der Waals surface area contributed by atoms with Crippen LogP contribution in [0.5, 0.6) is 0 Å². The molecule has 4 aromatic carbocycles. The van der Waals surface area contributed by atoms with E-state index in [2.05, 4.69) is 120 Å². The van der Waals surface area contributed by atoms with Crippen LogP contribution in [0.4, 0.5) is 0 Å². The molecule has 2 saturated carbocycles. The van der Waals surface area contributed by atoms with E-state index in [9.17, 15) is 0 Å². The van der Waals surface area contributed by atoms with Crippen molar-refractivity contribution in [3.8, 4) is 22.4 Å². The first-order valence-corrected chi connectivity index (χ1v) is 15.1. The molecular formula is C39H32N2. The summed E-state index contributed by atoms with van der Waals surface area (Å²) >= 11 is 0. The lowest BCUT2D eigenvalue weighted by Gasteiger charge is -2.29. The van der Waals surface area contributed by atoms with Crippen LogP contribution in [-0.4, -0.2) is 9.38 Å².